The molecule has 5 nitrogen and oxygen atoms in total. The van der Waals surface area contributed by atoms with Gasteiger partial charge in [-0.3, -0.25) is 0 Å². The van der Waals surface area contributed by atoms with E-state index in [0.717, 1.165) is 22.2 Å². The van der Waals surface area contributed by atoms with Crippen LogP contribution in [0.4, 0.5) is 0 Å². The van der Waals surface area contributed by atoms with Crippen molar-refractivity contribution in [3.63, 3.8) is 0 Å². The van der Waals surface area contributed by atoms with Crippen LogP contribution in [0.2, 0.25) is 0 Å². The summed E-state index contributed by atoms with van der Waals surface area (Å²) < 4.78 is 13.0. The Kier molecular flexibility index (Phi) is 3.44. The fourth-order valence-electron chi connectivity index (χ4n) is 3.61. The lowest BCUT2D eigenvalue weighted by Gasteiger charge is -2.41. The second kappa shape index (κ2) is 5.43. The summed E-state index contributed by atoms with van der Waals surface area (Å²) in [4.78, 5) is 0. The maximum Gasteiger partial charge on any atom is 0.200 e. The zero-order chi connectivity index (χ0) is 17.8. The molecule has 1 fully saturated rings. The van der Waals surface area contributed by atoms with Crippen molar-refractivity contribution in [2.45, 2.75) is 19.4 Å². The van der Waals surface area contributed by atoms with E-state index in [1.54, 1.807) is 13.0 Å². The summed E-state index contributed by atoms with van der Waals surface area (Å²) in [7, 11) is 1.48. The number of aromatic nitrogens is 1. The van der Waals surface area contributed by atoms with Crippen molar-refractivity contribution in [3.05, 3.63) is 42.0 Å². The maximum atomic E-state index is 10.3. The van der Waals surface area contributed by atoms with Crippen molar-refractivity contribution >= 4 is 10.9 Å². The second-order valence-corrected chi connectivity index (χ2v) is 6.86. The normalized spacial score (nSPS) is 16.0. The van der Waals surface area contributed by atoms with E-state index in [0.29, 0.717) is 18.8 Å². The molecule has 0 unspecified atom stereocenters. The van der Waals surface area contributed by atoms with Crippen molar-refractivity contribution in [1.29, 1.82) is 0 Å². The molecule has 0 bridgehead atoms. The Morgan fingerprint density at radius 2 is 1.84 bits per heavy atom. The van der Waals surface area contributed by atoms with E-state index in [2.05, 4.69) is 29.7 Å². The average Bonchev–Trinajstić information content (AvgIpc) is 2.97. The minimum atomic E-state index is -0.232. The molecule has 25 heavy (non-hydrogen) atoms. The van der Waals surface area contributed by atoms with Crippen molar-refractivity contribution in [2.24, 2.45) is 0 Å². The van der Waals surface area contributed by atoms with Gasteiger partial charge in [0.2, 0.25) is 5.75 Å². The van der Waals surface area contributed by atoms with Gasteiger partial charge < -0.3 is 24.3 Å². The number of phenolic OH excluding ortho intramolecular Hbond substituents is 2. The van der Waals surface area contributed by atoms with Crippen LogP contribution in [0, 0.1) is 6.92 Å². The van der Waals surface area contributed by atoms with Gasteiger partial charge in [-0.2, -0.15) is 0 Å². The van der Waals surface area contributed by atoms with Gasteiger partial charge in [-0.25, -0.2) is 0 Å². The molecule has 1 aliphatic heterocycles. The first-order valence-corrected chi connectivity index (χ1v) is 8.25. The highest BCUT2D eigenvalue weighted by atomic mass is 16.5. The van der Waals surface area contributed by atoms with Gasteiger partial charge in [0.15, 0.2) is 11.5 Å². The Morgan fingerprint density at radius 1 is 1.12 bits per heavy atom. The van der Waals surface area contributed by atoms with Crippen LogP contribution in [0.1, 0.15) is 12.5 Å². The Bertz CT molecular complexity index is 969. The molecule has 0 spiro atoms. The number of aromatic hydroxyl groups is 2. The fraction of sp³-hybridized carbons (Fsp3) is 0.300. The number of rotatable bonds is 3. The number of ether oxygens (including phenoxy) is 2. The van der Waals surface area contributed by atoms with E-state index in [-0.39, 0.29) is 22.8 Å². The van der Waals surface area contributed by atoms with Crippen LogP contribution in [-0.2, 0) is 10.3 Å². The Balaban J connectivity index is 2.05. The Morgan fingerprint density at radius 3 is 2.48 bits per heavy atom. The minimum Gasteiger partial charge on any atom is -0.504 e. The first-order chi connectivity index (χ1) is 12.0. The van der Waals surface area contributed by atoms with Crippen molar-refractivity contribution in [2.75, 3.05) is 20.3 Å². The number of hydrogen-bond acceptors (Lipinski definition) is 4. The molecule has 1 saturated heterocycles. The van der Waals surface area contributed by atoms with Gasteiger partial charge >= 0.3 is 0 Å². The summed E-state index contributed by atoms with van der Waals surface area (Å²) in [6.45, 7) is 5.24. The molecule has 0 radical (unpaired) electrons. The lowest BCUT2D eigenvalue weighted by atomic mass is 9.97. The summed E-state index contributed by atoms with van der Waals surface area (Å²) in [5.74, 6) is -0.129. The van der Waals surface area contributed by atoms with Gasteiger partial charge in [-0.1, -0.05) is 18.2 Å². The molecule has 1 aliphatic rings. The van der Waals surface area contributed by atoms with Gasteiger partial charge in [0.25, 0.3) is 0 Å². The van der Waals surface area contributed by atoms with Gasteiger partial charge in [0.05, 0.1) is 31.6 Å². The van der Waals surface area contributed by atoms with E-state index in [9.17, 15) is 10.2 Å². The van der Waals surface area contributed by atoms with E-state index in [1.807, 2.05) is 12.1 Å². The lowest BCUT2D eigenvalue weighted by molar-refractivity contribution is -0.0866. The summed E-state index contributed by atoms with van der Waals surface area (Å²) in [5, 5.41) is 21.5. The fourth-order valence-corrected chi connectivity index (χ4v) is 3.61. The van der Waals surface area contributed by atoms with Crippen molar-refractivity contribution in [3.8, 4) is 28.5 Å². The molecule has 0 atom stereocenters. The third kappa shape index (κ3) is 2.19. The van der Waals surface area contributed by atoms with E-state index < -0.39 is 0 Å². The third-order valence-electron chi connectivity index (χ3n) is 5.06. The Hall–Kier alpha value is -2.66. The van der Waals surface area contributed by atoms with Crippen molar-refractivity contribution < 1.29 is 19.7 Å². The standard InChI is InChI=1S/C20H21NO4/c1-12-14(9-17(24-3)19(23)18(12)22)16-8-13-6-4-5-7-15(13)21(16)20(2)10-25-11-20/h4-9,22-23H,10-11H2,1-3H3. The predicted octanol–water partition coefficient (Wildman–Crippen LogP) is 3.78. The first-order valence-electron chi connectivity index (χ1n) is 8.25. The smallest absolute Gasteiger partial charge is 0.200 e. The average molecular weight is 339 g/mol. The number of methoxy groups -OCH3 is 1. The molecule has 1 aromatic heterocycles. The minimum absolute atomic E-state index is 0.147. The molecule has 5 heteroatoms. The summed E-state index contributed by atoms with van der Waals surface area (Å²) in [6, 6.07) is 12.1. The zero-order valence-corrected chi connectivity index (χ0v) is 14.5. The molecule has 2 N–H and O–H groups in total. The largest absolute Gasteiger partial charge is 0.504 e. The van der Waals surface area contributed by atoms with Gasteiger partial charge in [0, 0.05) is 22.0 Å². The van der Waals surface area contributed by atoms with Gasteiger partial charge in [-0.05, 0) is 32.0 Å². The molecule has 2 heterocycles. The van der Waals surface area contributed by atoms with E-state index in [4.69, 9.17) is 9.47 Å². The molecule has 0 saturated carbocycles. The van der Waals surface area contributed by atoms with Crippen LogP contribution in [-0.4, -0.2) is 35.1 Å². The van der Waals surface area contributed by atoms with E-state index >= 15 is 0 Å². The van der Waals surface area contributed by atoms with Crippen LogP contribution in [0.3, 0.4) is 0 Å². The van der Waals surface area contributed by atoms with Crippen LogP contribution in [0.5, 0.6) is 17.2 Å². The molecule has 0 aliphatic carbocycles. The number of nitrogens with zero attached hydrogens (tertiary/aromatic N) is 1. The van der Waals surface area contributed by atoms with Gasteiger partial charge in [-0.15, -0.1) is 0 Å². The number of para-hydroxylation sites is 1. The highest BCUT2D eigenvalue weighted by Gasteiger charge is 2.38. The predicted molar refractivity (Wildman–Crippen MR) is 96.5 cm³/mol. The highest BCUT2D eigenvalue weighted by Crippen LogP contribution is 2.46. The maximum absolute atomic E-state index is 10.3. The molecule has 2 aromatic carbocycles. The molecule has 4 rings (SSSR count). The van der Waals surface area contributed by atoms with Crippen LogP contribution in [0.15, 0.2) is 36.4 Å². The summed E-state index contributed by atoms with van der Waals surface area (Å²) in [5.41, 5.74) is 3.39. The van der Waals surface area contributed by atoms with Crippen LogP contribution >= 0.6 is 0 Å². The molecular weight excluding hydrogens is 318 g/mol. The highest BCUT2D eigenvalue weighted by molar-refractivity contribution is 5.89. The topological polar surface area (TPSA) is 63.9 Å². The SMILES string of the molecule is COc1cc(-c2cc3ccccc3n2C2(C)COC2)c(C)c(O)c1O. The molecular formula is C20H21NO4. The van der Waals surface area contributed by atoms with Gasteiger partial charge in [0.1, 0.15) is 0 Å². The Labute approximate surface area is 146 Å². The molecule has 130 valence electrons. The molecule has 3 aromatic rings. The number of benzene rings is 2. The van der Waals surface area contributed by atoms with Crippen LogP contribution < -0.4 is 4.74 Å². The number of phenols is 2. The van der Waals surface area contributed by atoms with E-state index in [1.165, 1.54) is 7.11 Å². The first kappa shape index (κ1) is 15.8. The second-order valence-electron chi connectivity index (χ2n) is 6.86. The third-order valence-corrected chi connectivity index (χ3v) is 5.06. The number of fused-ring (bicyclic) bond motifs is 1. The number of hydrogen-bond donors (Lipinski definition) is 2. The monoisotopic (exact) mass is 339 g/mol. The zero-order valence-electron chi connectivity index (χ0n) is 14.5. The van der Waals surface area contributed by atoms with Crippen LogP contribution in [0.25, 0.3) is 22.2 Å². The molecule has 0 amide bonds. The lowest BCUT2D eigenvalue weighted by Crippen LogP contribution is -2.49. The summed E-state index contributed by atoms with van der Waals surface area (Å²) in [6.07, 6.45) is 0. The summed E-state index contributed by atoms with van der Waals surface area (Å²) >= 11 is 0. The quantitative estimate of drug-likeness (QED) is 0.713. The van der Waals surface area contributed by atoms with Crippen molar-refractivity contribution in [1.82, 2.24) is 4.57 Å².